The molecular weight excluding hydrogens is 304 g/mol. The van der Waals surface area contributed by atoms with Crippen LogP contribution in [0.2, 0.25) is 0 Å². The first-order valence-electron chi connectivity index (χ1n) is 9.12. The minimum atomic E-state index is 1.12. The molecule has 0 aliphatic heterocycles. The summed E-state index contributed by atoms with van der Waals surface area (Å²) in [6.07, 6.45) is 0. The third-order valence-corrected chi connectivity index (χ3v) is 6.65. The molecule has 0 radical (unpaired) electrons. The molecule has 0 N–H and O–H groups in total. The Hall–Kier alpha value is -2.09. The van der Waals surface area contributed by atoms with E-state index in [2.05, 4.69) is 73.9 Å². The summed E-state index contributed by atoms with van der Waals surface area (Å²) in [6.45, 7) is 22.2. The van der Waals surface area contributed by atoms with Crippen molar-refractivity contribution < 1.29 is 0 Å². The Bertz CT molecular complexity index is 1000. The molecule has 0 fully saturated rings. The molecule has 1 aromatic heterocycles. The predicted molar refractivity (Wildman–Crippen MR) is 108 cm³/mol. The maximum Gasteiger partial charge on any atom is 0.0778 e. The maximum atomic E-state index is 5.01. The van der Waals surface area contributed by atoms with Gasteiger partial charge in [0.05, 0.1) is 16.9 Å². The number of rotatable bonds is 1. The van der Waals surface area contributed by atoms with Crippen LogP contribution in [0.1, 0.15) is 55.8 Å². The lowest BCUT2D eigenvalue weighted by molar-refractivity contribution is 0.864. The predicted octanol–water partition coefficient (Wildman–Crippen LogP) is 6.11. The second-order valence-corrected chi connectivity index (χ2v) is 7.69. The summed E-state index contributed by atoms with van der Waals surface area (Å²) in [6, 6.07) is 0. The molecule has 3 rings (SSSR count). The number of aromatic nitrogens is 2. The Balaban J connectivity index is 2.56. The van der Waals surface area contributed by atoms with Gasteiger partial charge in [0.2, 0.25) is 0 Å². The summed E-state index contributed by atoms with van der Waals surface area (Å²) in [5, 5.41) is 6.33. The second kappa shape index (κ2) is 5.72. The average Bonchev–Trinajstić information content (AvgIpc) is 2.91. The van der Waals surface area contributed by atoms with E-state index in [1.807, 2.05) is 0 Å². The van der Waals surface area contributed by atoms with Crippen LogP contribution in [0.5, 0.6) is 0 Å². The highest BCUT2D eigenvalue weighted by molar-refractivity contribution is 5.91. The van der Waals surface area contributed by atoms with Crippen LogP contribution in [0.15, 0.2) is 0 Å². The van der Waals surface area contributed by atoms with E-state index >= 15 is 0 Å². The summed E-state index contributed by atoms with van der Waals surface area (Å²) in [4.78, 5) is 0. The first-order chi connectivity index (χ1) is 11.6. The van der Waals surface area contributed by atoms with Crippen molar-refractivity contribution in [2.24, 2.45) is 0 Å². The zero-order chi connectivity index (χ0) is 18.8. The van der Waals surface area contributed by atoms with Crippen molar-refractivity contribution in [2.75, 3.05) is 0 Å². The second-order valence-electron chi connectivity index (χ2n) is 7.69. The number of nitrogens with zero attached hydrogens (tertiary/aromatic N) is 2. The fourth-order valence-corrected chi connectivity index (χ4v) is 4.21. The molecule has 2 nitrogen and oxygen atoms in total. The van der Waals surface area contributed by atoms with Crippen LogP contribution in [0.4, 0.5) is 0 Å². The fraction of sp³-hybridized carbons (Fsp3) is 0.435. The molecule has 25 heavy (non-hydrogen) atoms. The monoisotopic (exact) mass is 334 g/mol. The van der Waals surface area contributed by atoms with Gasteiger partial charge in [0.15, 0.2) is 0 Å². The van der Waals surface area contributed by atoms with Gasteiger partial charge in [0.1, 0.15) is 0 Å². The normalized spacial score (nSPS) is 11.6. The fourth-order valence-electron chi connectivity index (χ4n) is 4.21. The van der Waals surface area contributed by atoms with Crippen LogP contribution in [0.3, 0.4) is 0 Å². The van der Waals surface area contributed by atoms with Gasteiger partial charge in [0, 0.05) is 5.39 Å². The van der Waals surface area contributed by atoms with Crippen molar-refractivity contribution in [3.63, 3.8) is 0 Å². The van der Waals surface area contributed by atoms with Gasteiger partial charge < -0.3 is 0 Å². The van der Waals surface area contributed by atoms with Gasteiger partial charge in [0.25, 0.3) is 0 Å². The van der Waals surface area contributed by atoms with Crippen molar-refractivity contribution in [3.8, 4) is 5.69 Å². The Kier molecular flexibility index (Phi) is 4.06. The van der Waals surface area contributed by atoms with E-state index in [-0.39, 0.29) is 0 Å². The molecule has 0 spiro atoms. The molecule has 2 aromatic carbocycles. The highest BCUT2D eigenvalue weighted by Crippen LogP contribution is 2.36. The van der Waals surface area contributed by atoms with Gasteiger partial charge >= 0.3 is 0 Å². The molecular formula is C23H30N2. The van der Waals surface area contributed by atoms with Crippen LogP contribution in [-0.2, 0) is 0 Å². The number of hydrogen-bond donors (Lipinski definition) is 0. The molecule has 0 aliphatic carbocycles. The lowest BCUT2D eigenvalue weighted by Crippen LogP contribution is -2.08. The number of benzene rings is 2. The van der Waals surface area contributed by atoms with E-state index in [0.717, 1.165) is 5.69 Å². The lowest BCUT2D eigenvalue weighted by atomic mass is 9.92. The van der Waals surface area contributed by atoms with E-state index in [1.54, 1.807) is 0 Å². The highest BCUT2D eigenvalue weighted by Gasteiger charge is 2.21. The molecule has 0 bridgehead atoms. The Morgan fingerprint density at radius 2 is 0.880 bits per heavy atom. The topological polar surface area (TPSA) is 17.8 Å². The first kappa shape index (κ1) is 17.7. The van der Waals surface area contributed by atoms with Gasteiger partial charge in [-0.05, 0) is 119 Å². The molecule has 1 heterocycles. The van der Waals surface area contributed by atoms with Gasteiger partial charge in [-0.1, -0.05) is 0 Å². The van der Waals surface area contributed by atoms with E-state index < -0.39 is 0 Å². The number of fused-ring (bicyclic) bond motifs is 1. The molecule has 0 amide bonds. The summed E-state index contributed by atoms with van der Waals surface area (Å²) in [5.41, 5.74) is 15.9. The maximum absolute atomic E-state index is 5.01. The summed E-state index contributed by atoms with van der Waals surface area (Å²) < 4.78 is 2.21. The molecule has 0 unspecified atom stereocenters. The van der Waals surface area contributed by atoms with Crippen LogP contribution in [0, 0.1) is 69.2 Å². The Morgan fingerprint density at radius 3 is 1.40 bits per heavy atom. The Morgan fingerprint density at radius 1 is 0.480 bits per heavy atom. The van der Waals surface area contributed by atoms with Crippen LogP contribution in [-0.4, -0.2) is 9.78 Å². The van der Waals surface area contributed by atoms with Crippen LogP contribution >= 0.6 is 0 Å². The van der Waals surface area contributed by atoms with E-state index in [4.69, 9.17) is 5.10 Å². The van der Waals surface area contributed by atoms with Gasteiger partial charge in [-0.3, -0.25) is 0 Å². The molecule has 0 aliphatic rings. The van der Waals surface area contributed by atoms with Crippen molar-refractivity contribution in [2.45, 2.75) is 69.2 Å². The van der Waals surface area contributed by atoms with Crippen molar-refractivity contribution in [1.29, 1.82) is 0 Å². The zero-order valence-corrected chi connectivity index (χ0v) is 17.4. The molecule has 3 aromatic rings. The standard InChI is InChI=1S/C23H30N2/c1-11-13(3)17(7)22(18(8)14(11)4)25-23-19(9)15(5)12(2)16(6)21(23)20(10)24-25/h1-10H3. The van der Waals surface area contributed by atoms with Crippen LogP contribution in [0.25, 0.3) is 16.6 Å². The minimum absolute atomic E-state index is 1.12. The van der Waals surface area contributed by atoms with E-state index in [9.17, 15) is 0 Å². The van der Waals surface area contributed by atoms with Crippen molar-refractivity contribution in [3.05, 3.63) is 55.8 Å². The van der Waals surface area contributed by atoms with Gasteiger partial charge in [-0.25, -0.2) is 4.68 Å². The molecule has 0 atom stereocenters. The van der Waals surface area contributed by atoms with Gasteiger partial charge in [-0.15, -0.1) is 0 Å². The molecule has 0 saturated heterocycles. The van der Waals surface area contributed by atoms with Crippen molar-refractivity contribution >= 4 is 10.9 Å². The van der Waals surface area contributed by atoms with E-state index in [0.29, 0.717) is 0 Å². The van der Waals surface area contributed by atoms with E-state index in [1.165, 1.54) is 66.7 Å². The molecule has 2 heteroatoms. The first-order valence-corrected chi connectivity index (χ1v) is 9.12. The quantitative estimate of drug-likeness (QED) is 0.525. The minimum Gasteiger partial charge on any atom is -0.232 e. The third kappa shape index (κ3) is 2.27. The Labute approximate surface area is 151 Å². The molecule has 132 valence electrons. The average molecular weight is 335 g/mol. The zero-order valence-electron chi connectivity index (χ0n) is 17.4. The van der Waals surface area contributed by atoms with Gasteiger partial charge in [-0.2, -0.15) is 5.10 Å². The summed E-state index contributed by atoms with van der Waals surface area (Å²) >= 11 is 0. The highest BCUT2D eigenvalue weighted by atomic mass is 15.3. The largest absolute Gasteiger partial charge is 0.232 e. The summed E-state index contributed by atoms with van der Waals surface area (Å²) in [5.74, 6) is 0. The number of hydrogen-bond acceptors (Lipinski definition) is 1. The lowest BCUT2D eigenvalue weighted by Gasteiger charge is -2.20. The number of aryl methyl sites for hydroxylation is 3. The smallest absolute Gasteiger partial charge is 0.0778 e. The van der Waals surface area contributed by atoms with Crippen molar-refractivity contribution in [1.82, 2.24) is 9.78 Å². The molecule has 0 saturated carbocycles. The van der Waals surface area contributed by atoms with Crippen LogP contribution < -0.4 is 0 Å². The SMILES string of the molecule is Cc1c(C)c(C)c(-n2nc(C)c3c(C)c(C)c(C)c(C)c32)c(C)c1C. The summed E-state index contributed by atoms with van der Waals surface area (Å²) in [7, 11) is 0. The third-order valence-electron chi connectivity index (χ3n) is 6.65.